The number of nitrogens with two attached hydrogens (primary N) is 1. The second-order valence-corrected chi connectivity index (χ2v) is 8.12. The maximum absolute atomic E-state index is 12.4. The summed E-state index contributed by atoms with van der Waals surface area (Å²) in [6, 6.07) is 12.6. The third-order valence-corrected chi connectivity index (χ3v) is 5.87. The Morgan fingerprint density at radius 2 is 2.00 bits per heavy atom. The minimum Gasteiger partial charge on any atom is -0.368 e. The van der Waals surface area contributed by atoms with E-state index < -0.39 is 5.91 Å². The van der Waals surface area contributed by atoms with E-state index in [0.717, 1.165) is 16.5 Å². The molecule has 146 valence electrons. The van der Waals surface area contributed by atoms with E-state index in [0.29, 0.717) is 25.8 Å². The molecular formula is C20H14Cl2N4O2S. The molecule has 1 aliphatic heterocycles. The molecule has 1 fully saturated rings. The molecule has 0 aliphatic carbocycles. The summed E-state index contributed by atoms with van der Waals surface area (Å²) in [6.45, 7) is 0.0626. The predicted molar refractivity (Wildman–Crippen MR) is 118 cm³/mol. The zero-order valence-electron chi connectivity index (χ0n) is 14.9. The molecule has 2 amide bonds. The van der Waals surface area contributed by atoms with Crippen LogP contribution in [0.15, 0.2) is 58.6 Å². The lowest BCUT2D eigenvalue weighted by Gasteiger charge is -2.00. The topological polar surface area (TPSA) is 89.5 Å². The van der Waals surface area contributed by atoms with Crippen molar-refractivity contribution in [3.05, 3.63) is 69.2 Å². The highest BCUT2D eigenvalue weighted by Crippen LogP contribution is 2.32. The summed E-state index contributed by atoms with van der Waals surface area (Å²) in [7, 11) is 0. The average molecular weight is 445 g/mol. The van der Waals surface area contributed by atoms with Crippen LogP contribution < -0.4 is 11.1 Å². The van der Waals surface area contributed by atoms with Gasteiger partial charge in [-0.25, -0.2) is 4.99 Å². The van der Waals surface area contributed by atoms with Crippen LogP contribution >= 0.6 is 35.0 Å². The highest BCUT2D eigenvalue weighted by molar-refractivity contribution is 8.18. The first-order chi connectivity index (χ1) is 13.9. The van der Waals surface area contributed by atoms with Crippen molar-refractivity contribution >= 4 is 74.6 Å². The van der Waals surface area contributed by atoms with Gasteiger partial charge in [-0.3, -0.25) is 9.59 Å². The van der Waals surface area contributed by atoms with E-state index in [9.17, 15) is 9.59 Å². The number of aliphatic imine (C=N–C) groups is 1. The quantitative estimate of drug-likeness (QED) is 0.586. The molecule has 3 aromatic rings. The number of hydrogen-bond acceptors (Lipinski definition) is 4. The third kappa shape index (κ3) is 4.17. The molecule has 2 heterocycles. The van der Waals surface area contributed by atoms with Crippen molar-refractivity contribution in [3.8, 4) is 0 Å². The van der Waals surface area contributed by atoms with Crippen molar-refractivity contribution in [1.29, 1.82) is 0 Å². The van der Waals surface area contributed by atoms with Gasteiger partial charge in [0.25, 0.3) is 5.91 Å². The van der Waals surface area contributed by atoms with Crippen LogP contribution in [0, 0.1) is 0 Å². The molecule has 9 heteroatoms. The van der Waals surface area contributed by atoms with Crippen LogP contribution in [0.4, 0.5) is 5.69 Å². The molecule has 1 aromatic heterocycles. The Hall–Kier alpha value is -2.74. The minimum atomic E-state index is -0.436. The number of primary amides is 1. The SMILES string of the molecule is NC(=O)Cn1cc(C=C2SC(=Nc3ccc(Cl)c(Cl)c3)NC2=O)c2ccccc21. The van der Waals surface area contributed by atoms with E-state index >= 15 is 0 Å². The zero-order valence-corrected chi connectivity index (χ0v) is 17.2. The van der Waals surface area contributed by atoms with Gasteiger partial charge >= 0.3 is 0 Å². The summed E-state index contributed by atoms with van der Waals surface area (Å²) in [5, 5.41) is 4.93. The minimum absolute atomic E-state index is 0.0626. The second kappa shape index (κ2) is 7.94. The van der Waals surface area contributed by atoms with E-state index in [2.05, 4.69) is 10.3 Å². The van der Waals surface area contributed by atoms with Crippen LogP contribution in [-0.2, 0) is 16.1 Å². The van der Waals surface area contributed by atoms with Gasteiger partial charge in [0.15, 0.2) is 5.17 Å². The lowest BCUT2D eigenvalue weighted by Crippen LogP contribution is -2.19. The number of amidine groups is 1. The Labute approximate surface area is 180 Å². The van der Waals surface area contributed by atoms with Crippen molar-refractivity contribution in [2.24, 2.45) is 10.7 Å². The van der Waals surface area contributed by atoms with Crippen molar-refractivity contribution in [2.75, 3.05) is 0 Å². The molecule has 1 aliphatic rings. The number of nitrogens with zero attached hydrogens (tertiary/aromatic N) is 2. The van der Waals surface area contributed by atoms with E-state index in [-0.39, 0.29) is 12.5 Å². The molecule has 3 N–H and O–H groups in total. The van der Waals surface area contributed by atoms with Crippen LogP contribution in [0.1, 0.15) is 5.56 Å². The van der Waals surface area contributed by atoms with Gasteiger partial charge in [-0.15, -0.1) is 0 Å². The van der Waals surface area contributed by atoms with Crippen LogP contribution in [0.3, 0.4) is 0 Å². The predicted octanol–water partition coefficient (Wildman–Crippen LogP) is 4.33. The number of hydrogen-bond donors (Lipinski definition) is 2. The maximum Gasteiger partial charge on any atom is 0.264 e. The van der Waals surface area contributed by atoms with Crippen LogP contribution in [-0.4, -0.2) is 21.5 Å². The fourth-order valence-electron chi connectivity index (χ4n) is 2.98. The normalized spacial score (nSPS) is 16.7. The standard InChI is InChI=1S/C20H14Cl2N4O2S/c21-14-6-5-12(8-15(14)22)24-20-25-19(28)17(29-20)7-11-9-26(10-18(23)27)16-4-2-1-3-13(11)16/h1-9H,10H2,(H2,23,27)(H,24,25,28). The van der Waals surface area contributed by atoms with Crippen LogP contribution in [0.25, 0.3) is 17.0 Å². The van der Waals surface area contributed by atoms with Gasteiger partial charge in [0, 0.05) is 22.7 Å². The van der Waals surface area contributed by atoms with Gasteiger partial charge in [0.2, 0.25) is 5.91 Å². The highest BCUT2D eigenvalue weighted by atomic mass is 35.5. The maximum atomic E-state index is 12.4. The number of amides is 2. The third-order valence-electron chi connectivity index (χ3n) is 4.22. The smallest absolute Gasteiger partial charge is 0.264 e. The largest absolute Gasteiger partial charge is 0.368 e. The van der Waals surface area contributed by atoms with Gasteiger partial charge < -0.3 is 15.6 Å². The summed E-state index contributed by atoms with van der Waals surface area (Å²) in [6.07, 6.45) is 3.58. The molecule has 0 radical (unpaired) electrons. The Bertz CT molecular complexity index is 1220. The second-order valence-electron chi connectivity index (χ2n) is 6.28. The molecule has 4 rings (SSSR count). The van der Waals surface area contributed by atoms with Gasteiger partial charge in [0.1, 0.15) is 6.54 Å². The summed E-state index contributed by atoms with van der Waals surface area (Å²) in [4.78, 5) is 28.7. The first kappa shape index (κ1) is 19.6. The number of nitrogens with one attached hydrogen (secondary N) is 1. The highest BCUT2D eigenvalue weighted by Gasteiger charge is 2.24. The number of para-hydroxylation sites is 1. The van der Waals surface area contributed by atoms with Gasteiger partial charge in [-0.1, -0.05) is 41.4 Å². The summed E-state index contributed by atoms with van der Waals surface area (Å²) >= 11 is 13.2. The van der Waals surface area contributed by atoms with E-state index in [1.54, 1.807) is 28.8 Å². The molecule has 0 saturated carbocycles. The lowest BCUT2D eigenvalue weighted by atomic mass is 10.1. The number of carbonyl (C=O) groups is 2. The lowest BCUT2D eigenvalue weighted by molar-refractivity contribution is -0.118. The summed E-state index contributed by atoms with van der Waals surface area (Å²) in [5.74, 6) is -0.686. The first-order valence-electron chi connectivity index (χ1n) is 8.51. The zero-order chi connectivity index (χ0) is 20.5. The number of carbonyl (C=O) groups excluding carboxylic acids is 2. The van der Waals surface area contributed by atoms with Crippen LogP contribution in [0.5, 0.6) is 0 Å². The number of rotatable bonds is 4. The fraction of sp³-hybridized carbons (Fsp3) is 0.0500. The van der Waals surface area contributed by atoms with Gasteiger partial charge in [0.05, 0.1) is 20.6 Å². The number of benzene rings is 2. The number of aromatic nitrogens is 1. The number of fused-ring (bicyclic) bond motifs is 1. The number of halogens is 2. The Balaban J connectivity index is 1.67. The molecule has 0 bridgehead atoms. The average Bonchev–Trinajstić information content (AvgIpc) is 3.19. The van der Waals surface area contributed by atoms with Crippen LogP contribution in [0.2, 0.25) is 10.0 Å². The molecule has 1 saturated heterocycles. The van der Waals surface area contributed by atoms with Crippen molar-refractivity contribution in [1.82, 2.24) is 9.88 Å². The van der Waals surface area contributed by atoms with E-state index in [1.165, 1.54) is 11.8 Å². The van der Waals surface area contributed by atoms with Gasteiger partial charge in [-0.05, 0) is 42.1 Å². The molecule has 0 spiro atoms. The van der Waals surface area contributed by atoms with Crippen molar-refractivity contribution < 1.29 is 9.59 Å². The van der Waals surface area contributed by atoms with E-state index in [1.807, 2.05) is 30.5 Å². The summed E-state index contributed by atoms with van der Waals surface area (Å²) < 4.78 is 1.77. The molecule has 0 unspecified atom stereocenters. The number of thioether (sulfide) groups is 1. The Morgan fingerprint density at radius 3 is 2.76 bits per heavy atom. The fourth-order valence-corrected chi connectivity index (χ4v) is 4.11. The van der Waals surface area contributed by atoms with E-state index in [4.69, 9.17) is 28.9 Å². The van der Waals surface area contributed by atoms with Crippen molar-refractivity contribution in [3.63, 3.8) is 0 Å². The first-order valence-corrected chi connectivity index (χ1v) is 10.1. The summed E-state index contributed by atoms with van der Waals surface area (Å²) in [5.41, 5.74) is 7.61. The van der Waals surface area contributed by atoms with Gasteiger partial charge in [-0.2, -0.15) is 0 Å². The molecule has 29 heavy (non-hydrogen) atoms. The van der Waals surface area contributed by atoms with Crippen molar-refractivity contribution in [2.45, 2.75) is 6.54 Å². The molecule has 0 atom stereocenters. The monoisotopic (exact) mass is 444 g/mol. The Morgan fingerprint density at radius 1 is 1.21 bits per heavy atom. The molecule has 6 nitrogen and oxygen atoms in total. The molecule has 2 aromatic carbocycles. The molecular weight excluding hydrogens is 431 g/mol. The Kier molecular flexibility index (Phi) is 5.36.